The lowest BCUT2D eigenvalue weighted by atomic mass is 9.97. The fraction of sp³-hybridized carbons (Fsp3) is 0.769. The number of likely N-dealkylation sites (N-methyl/N-ethyl adjacent to an activating group) is 1. The summed E-state index contributed by atoms with van der Waals surface area (Å²) in [4.78, 5) is 34.4. The first-order chi connectivity index (χ1) is 9.40. The smallest absolute Gasteiger partial charge is 0.317 e. The van der Waals surface area contributed by atoms with Crippen LogP contribution >= 0.6 is 0 Å². The summed E-state index contributed by atoms with van der Waals surface area (Å²) in [6.45, 7) is 4.54. The Balaban J connectivity index is 4.03. The predicted molar refractivity (Wildman–Crippen MR) is 75.1 cm³/mol. The molecule has 116 valence electrons. The quantitative estimate of drug-likeness (QED) is 0.551. The topological polar surface area (TPSA) is 113 Å². The number of amides is 3. The van der Waals surface area contributed by atoms with Crippen molar-refractivity contribution in [1.82, 2.24) is 10.2 Å². The Kier molecular flexibility index (Phi) is 9.15. The predicted octanol–water partition coefficient (Wildman–Crippen LogP) is 0.784. The summed E-state index contributed by atoms with van der Waals surface area (Å²) in [5.41, 5.74) is 5.06. The molecule has 0 aliphatic carbocycles. The molecule has 0 saturated heterocycles. The van der Waals surface area contributed by atoms with Gasteiger partial charge in [0, 0.05) is 19.5 Å². The summed E-state index contributed by atoms with van der Waals surface area (Å²) in [5, 5.41) is 11.4. The van der Waals surface area contributed by atoms with Crippen molar-refractivity contribution in [2.45, 2.75) is 39.5 Å². The van der Waals surface area contributed by atoms with E-state index >= 15 is 0 Å². The Morgan fingerprint density at radius 2 is 1.90 bits per heavy atom. The maximum Gasteiger partial charge on any atom is 0.317 e. The van der Waals surface area contributed by atoms with E-state index in [2.05, 4.69) is 5.32 Å². The van der Waals surface area contributed by atoms with E-state index in [1.807, 2.05) is 6.92 Å². The van der Waals surface area contributed by atoms with Crippen molar-refractivity contribution in [2.24, 2.45) is 11.7 Å². The molecule has 0 fully saturated rings. The van der Waals surface area contributed by atoms with Gasteiger partial charge in [-0.3, -0.25) is 9.59 Å². The molecule has 0 bridgehead atoms. The van der Waals surface area contributed by atoms with Crippen LogP contribution in [0.3, 0.4) is 0 Å². The van der Waals surface area contributed by atoms with E-state index in [-0.39, 0.29) is 24.9 Å². The number of carbonyl (C=O) groups excluding carboxylic acids is 2. The third-order valence-electron chi connectivity index (χ3n) is 3.19. The van der Waals surface area contributed by atoms with Gasteiger partial charge in [-0.15, -0.1) is 0 Å². The highest BCUT2D eigenvalue weighted by molar-refractivity contribution is 5.82. The monoisotopic (exact) mass is 287 g/mol. The lowest BCUT2D eigenvalue weighted by Gasteiger charge is -2.20. The van der Waals surface area contributed by atoms with E-state index < -0.39 is 11.9 Å². The van der Waals surface area contributed by atoms with E-state index in [0.29, 0.717) is 19.5 Å². The number of carboxylic acids is 1. The second-order valence-corrected chi connectivity index (χ2v) is 4.71. The van der Waals surface area contributed by atoms with Gasteiger partial charge >= 0.3 is 12.0 Å². The van der Waals surface area contributed by atoms with Crippen LogP contribution in [0.2, 0.25) is 0 Å². The first kappa shape index (κ1) is 18.2. The molecule has 0 radical (unpaired) electrons. The number of carbonyl (C=O) groups is 3. The fourth-order valence-corrected chi connectivity index (χ4v) is 1.89. The Hall–Kier alpha value is -1.79. The van der Waals surface area contributed by atoms with E-state index in [9.17, 15) is 14.4 Å². The molecule has 20 heavy (non-hydrogen) atoms. The molecular formula is C13H25N3O4. The first-order valence-corrected chi connectivity index (χ1v) is 6.93. The number of carboxylic acid groups (broad SMARTS) is 1. The minimum atomic E-state index is -0.800. The molecule has 0 aromatic rings. The highest BCUT2D eigenvalue weighted by Crippen LogP contribution is 2.14. The number of nitrogens with one attached hydrogen (secondary N) is 1. The number of aliphatic carboxylic acids is 1. The lowest BCUT2D eigenvalue weighted by molar-refractivity contribution is -0.137. The fourth-order valence-electron chi connectivity index (χ4n) is 1.89. The second kappa shape index (κ2) is 10.1. The zero-order valence-electron chi connectivity index (χ0n) is 12.2. The van der Waals surface area contributed by atoms with Crippen LogP contribution < -0.4 is 11.1 Å². The summed E-state index contributed by atoms with van der Waals surface area (Å²) < 4.78 is 0. The van der Waals surface area contributed by atoms with Crippen molar-refractivity contribution in [1.29, 1.82) is 0 Å². The molecule has 7 nitrogen and oxygen atoms in total. The van der Waals surface area contributed by atoms with Gasteiger partial charge < -0.3 is 21.1 Å². The van der Waals surface area contributed by atoms with Crippen molar-refractivity contribution < 1.29 is 19.5 Å². The first-order valence-electron chi connectivity index (χ1n) is 6.93. The number of hydrogen-bond acceptors (Lipinski definition) is 3. The molecule has 0 spiro atoms. The number of nitrogens with two attached hydrogens (primary N) is 1. The SMILES string of the molecule is CCC(CCNC(=O)N(CC)CC(N)=O)CCC(=O)O. The van der Waals surface area contributed by atoms with Gasteiger partial charge in [0.1, 0.15) is 6.54 Å². The summed E-state index contributed by atoms with van der Waals surface area (Å²) in [5.74, 6) is -1.07. The third kappa shape index (κ3) is 8.34. The molecule has 4 N–H and O–H groups in total. The van der Waals surface area contributed by atoms with Crippen LogP contribution in [0.4, 0.5) is 4.79 Å². The zero-order valence-corrected chi connectivity index (χ0v) is 12.2. The Bertz CT molecular complexity index is 334. The zero-order chi connectivity index (χ0) is 15.5. The van der Waals surface area contributed by atoms with Gasteiger partial charge in [-0.25, -0.2) is 4.79 Å². The van der Waals surface area contributed by atoms with E-state index in [1.54, 1.807) is 6.92 Å². The number of primary amides is 1. The molecule has 0 rings (SSSR count). The minimum Gasteiger partial charge on any atom is -0.481 e. The molecule has 0 aliphatic rings. The van der Waals surface area contributed by atoms with E-state index in [4.69, 9.17) is 10.8 Å². The third-order valence-corrected chi connectivity index (χ3v) is 3.19. The molecular weight excluding hydrogens is 262 g/mol. The Morgan fingerprint density at radius 3 is 2.35 bits per heavy atom. The molecule has 0 saturated carbocycles. The van der Waals surface area contributed by atoms with E-state index in [1.165, 1.54) is 4.90 Å². The normalized spacial score (nSPS) is 11.7. The van der Waals surface area contributed by atoms with Crippen molar-refractivity contribution in [3.8, 4) is 0 Å². The van der Waals surface area contributed by atoms with E-state index in [0.717, 1.165) is 12.8 Å². The van der Waals surface area contributed by atoms with Crippen LogP contribution in [0.1, 0.15) is 39.5 Å². The van der Waals surface area contributed by atoms with Crippen LogP contribution in [0.5, 0.6) is 0 Å². The number of nitrogens with zero attached hydrogens (tertiary/aromatic N) is 1. The van der Waals surface area contributed by atoms with Gasteiger partial charge in [0.2, 0.25) is 5.91 Å². The molecule has 0 aromatic heterocycles. The van der Waals surface area contributed by atoms with Gasteiger partial charge in [-0.1, -0.05) is 13.3 Å². The van der Waals surface area contributed by atoms with Crippen molar-refractivity contribution in [3.05, 3.63) is 0 Å². The van der Waals surface area contributed by atoms with Gasteiger partial charge in [-0.05, 0) is 25.7 Å². The summed E-state index contributed by atoms with van der Waals surface area (Å²) in [6, 6.07) is -0.320. The Labute approximate surface area is 119 Å². The van der Waals surface area contributed by atoms with Crippen LogP contribution in [0.15, 0.2) is 0 Å². The molecule has 1 unspecified atom stereocenters. The molecule has 3 amide bonds. The lowest BCUT2D eigenvalue weighted by Crippen LogP contribution is -2.44. The standard InChI is InChI=1S/C13H25N3O4/c1-3-10(5-6-12(18)19)7-8-15-13(20)16(4-2)9-11(14)17/h10H,3-9H2,1-2H3,(H2,14,17)(H,15,20)(H,18,19). The van der Waals surface area contributed by atoms with Crippen molar-refractivity contribution >= 4 is 17.9 Å². The van der Waals surface area contributed by atoms with Gasteiger partial charge in [-0.2, -0.15) is 0 Å². The molecule has 1 atom stereocenters. The second-order valence-electron chi connectivity index (χ2n) is 4.71. The largest absolute Gasteiger partial charge is 0.481 e. The van der Waals surface area contributed by atoms with Crippen LogP contribution in [-0.2, 0) is 9.59 Å². The number of hydrogen-bond donors (Lipinski definition) is 3. The highest BCUT2D eigenvalue weighted by atomic mass is 16.4. The average Bonchev–Trinajstić information content (AvgIpc) is 2.39. The molecule has 7 heteroatoms. The minimum absolute atomic E-state index is 0.0987. The van der Waals surface area contributed by atoms with Crippen molar-refractivity contribution in [2.75, 3.05) is 19.6 Å². The molecule has 0 aromatic carbocycles. The maximum absolute atomic E-state index is 11.8. The van der Waals surface area contributed by atoms with Gasteiger partial charge in [0.05, 0.1) is 0 Å². The van der Waals surface area contributed by atoms with Crippen LogP contribution in [-0.4, -0.2) is 47.5 Å². The van der Waals surface area contributed by atoms with Crippen LogP contribution in [0, 0.1) is 5.92 Å². The summed E-state index contributed by atoms with van der Waals surface area (Å²) in [6.07, 6.45) is 2.36. The van der Waals surface area contributed by atoms with Gasteiger partial charge in [0.15, 0.2) is 0 Å². The van der Waals surface area contributed by atoms with Crippen LogP contribution in [0.25, 0.3) is 0 Å². The summed E-state index contributed by atoms with van der Waals surface area (Å²) in [7, 11) is 0. The maximum atomic E-state index is 11.8. The molecule has 0 aliphatic heterocycles. The Morgan fingerprint density at radius 1 is 1.25 bits per heavy atom. The number of urea groups is 1. The highest BCUT2D eigenvalue weighted by Gasteiger charge is 2.14. The summed E-state index contributed by atoms with van der Waals surface area (Å²) >= 11 is 0. The molecule has 0 heterocycles. The average molecular weight is 287 g/mol. The number of rotatable bonds is 10. The van der Waals surface area contributed by atoms with Gasteiger partial charge in [0.25, 0.3) is 0 Å². The van der Waals surface area contributed by atoms with Crippen molar-refractivity contribution in [3.63, 3.8) is 0 Å².